The first kappa shape index (κ1) is 16.4. The van der Waals surface area contributed by atoms with Gasteiger partial charge in [-0.1, -0.05) is 12.6 Å². The molecule has 0 aliphatic rings. The molecule has 0 aliphatic carbocycles. The molecule has 0 saturated heterocycles. The van der Waals surface area contributed by atoms with Gasteiger partial charge in [0.05, 0.1) is 12.7 Å². The van der Waals surface area contributed by atoms with E-state index in [0.29, 0.717) is 12.7 Å². The second kappa shape index (κ2) is 7.84. The van der Waals surface area contributed by atoms with Crippen LogP contribution in [-0.2, 0) is 9.59 Å². The maximum atomic E-state index is 11.7. The number of aldehydes is 1. The second-order valence-corrected chi connectivity index (χ2v) is 4.23. The van der Waals surface area contributed by atoms with E-state index >= 15 is 0 Å². The van der Waals surface area contributed by atoms with Gasteiger partial charge in [-0.05, 0) is 25.0 Å². The average molecular weight is 292 g/mol. The summed E-state index contributed by atoms with van der Waals surface area (Å²) >= 11 is 0. The molecule has 0 aliphatic heterocycles. The van der Waals surface area contributed by atoms with Crippen molar-refractivity contribution >= 4 is 18.2 Å². The summed E-state index contributed by atoms with van der Waals surface area (Å²) in [4.78, 5) is 33.2. The summed E-state index contributed by atoms with van der Waals surface area (Å²) in [7, 11) is 1.40. The maximum Gasteiger partial charge on any atom is 0.330 e. The van der Waals surface area contributed by atoms with Crippen molar-refractivity contribution in [3.8, 4) is 11.5 Å². The standard InChI is InChI=1S/C15H16O6/c1-10(15(18)19)5-3-8-13(17)21-14-11(9-16)6-4-7-12(14)20-2/h4,6-7,9H,1,3,5,8H2,2H3,(H,18,19). The first-order chi connectivity index (χ1) is 9.99. The predicted octanol–water partition coefficient (Wildman–Crippen LogP) is 2.22. The van der Waals surface area contributed by atoms with Crippen LogP contribution < -0.4 is 9.47 Å². The number of benzene rings is 1. The topological polar surface area (TPSA) is 89.9 Å². The van der Waals surface area contributed by atoms with Crippen LogP contribution in [0, 0.1) is 0 Å². The van der Waals surface area contributed by atoms with Gasteiger partial charge in [-0.2, -0.15) is 0 Å². The highest BCUT2D eigenvalue weighted by Gasteiger charge is 2.15. The number of carboxylic acids is 1. The van der Waals surface area contributed by atoms with E-state index in [2.05, 4.69) is 6.58 Å². The summed E-state index contributed by atoms with van der Waals surface area (Å²) < 4.78 is 10.2. The van der Waals surface area contributed by atoms with Crippen molar-refractivity contribution in [1.29, 1.82) is 0 Å². The van der Waals surface area contributed by atoms with E-state index in [0.717, 1.165) is 0 Å². The molecule has 1 aromatic rings. The normalized spacial score (nSPS) is 9.76. The molecule has 6 heteroatoms. The van der Waals surface area contributed by atoms with Crippen LogP contribution in [0.15, 0.2) is 30.4 Å². The van der Waals surface area contributed by atoms with Gasteiger partial charge in [0.1, 0.15) is 0 Å². The summed E-state index contributed by atoms with van der Waals surface area (Å²) in [6.07, 6.45) is 1.08. The highest BCUT2D eigenvalue weighted by Crippen LogP contribution is 2.30. The molecule has 0 radical (unpaired) electrons. The van der Waals surface area contributed by atoms with Crippen LogP contribution in [0.25, 0.3) is 0 Å². The molecule has 1 rings (SSSR count). The van der Waals surface area contributed by atoms with Crippen LogP contribution in [0.4, 0.5) is 0 Å². The number of hydrogen-bond acceptors (Lipinski definition) is 5. The number of aliphatic carboxylic acids is 1. The highest BCUT2D eigenvalue weighted by molar-refractivity contribution is 5.86. The fourth-order valence-corrected chi connectivity index (χ4v) is 1.61. The van der Waals surface area contributed by atoms with Crippen LogP contribution in [0.5, 0.6) is 11.5 Å². The van der Waals surface area contributed by atoms with Gasteiger partial charge in [0.2, 0.25) is 0 Å². The Morgan fingerprint density at radius 1 is 1.33 bits per heavy atom. The van der Waals surface area contributed by atoms with Crippen molar-refractivity contribution in [2.24, 2.45) is 0 Å². The van der Waals surface area contributed by atoms with Crippen LogP contribution in [0.2, 0.25) is 0 Å². The molecule has 0 atom stereocenters. The number of rotatable bonds is 8. The number of esters is 1. The maximum absolute atomic E-state index is 11.7. The zero-order valence-electron chi connectivity index (χ0n) is 11.6. The van der Waals surface area contributed by atoms with E-state index in [-0.39, 0.29) is 35.5 Å². The summed E-state index contributed by atoms with van der Waals surface area (Å²) in [5.41, 5.74) is 0.242. The van der Waals surface area contributed by atoms with Crippen molar-refractivity contribution in [2.45, 2.75) is 19.3 Å². The van der Waals surface area contributed by atoms with Gasteiger partial charge in [-0.3, -0.25) is 9.59 Å². The molecule has 112 valence electrons. The average Bonchev–Trinajstić information content (AvgIpc) is 2.47. The first-order valence-electron chi connectivity index (χ1n) is 6.23. The van der Waals surface area contributed by atoms with E-state index in [4.69, 9.17) is 14.6 Å². The molecule has 0 fully saturated rings. The number of carbonyl (C=O) groups is 3. The lowest BCUT2D eigenvalue weighted by molar-refractivity contribution is -0.135. The number of ether oxygens (including phenoxy) is 2. The molecule has 0 saturated carbocycles. The molecule has 21 heavy (non-hydrogen) atoms. The van der Waals surface area contributed by atoms with Crippen LogP contribution in [0.1, 0.15) is 29.6 Å². The molecule has 1 N–H and O–H groups in total. The fourth-order valence-electron chi connectivity index (χ4n) is 1.61. The molecule has 1 aromatic carbocycles. The van der Waals surface area contributed by atoms with Crippen molar-refractivity contribution in [3.63, 3.8) is 0 Å². The van der Waals surface area contributed by atoms with Gasteiger partial charge < -0.3 is 14.6 Å². The summed E-state index contributed by atoms with van der Waals surface area (Å²) in [6, 6.07) is 4.68. The largest absolute Gasteiger partial charge is 0.493 e. The Hall–Kier alpha value is -2.63. The first-order valence-corrected chi connectivity index (χ1v) is 6.23. The van der Waals surface area contributed by atoms with Crippen molar-refractivity contribution in [1.82, 2.24) is 0 Å². The van der Waals surface area contributed by atoms with Gasteiger partial charge in [-0.15, -0.1) is 0 Å². The number of methoxy groups -OCH3 is 1. The summed E-state index contributed by atoms with van der Waals surface area (Å²) in [5, 5.41) is 8.65. The SMILES string of the molecule is C=C(CCCC(=O)Oc1c(C=O)cccc1OC)C(=O)O. The molecular formula is C15H16O6. The van der Waals surface area contributed by atoms with Gasteiger partial charge >= 0.3 is 11.9 Å². The van der Waals surface area contributed by atoms with Gasteiger partial charge in [-0.25, -0.2) is 4.79 Å². The van der Waals surface area contributed by atoms with E-state index in [1.807, 2.05) is 0 Å². The molecule has 0 bridgehead atoms. The minimum atomic E-state index is -1.09. The Kier molecular flexibility index (Phi) is 6.13. The molecule has 0 aromatic heterocycles. The van der Waals surface area contributed by atoms with Crippen molar-refractivity contribution in [2.75, 3.05) is 7.11 Å². The lowest BCUT2D eigenvalue weighted by atomic mass is 10.1. The smallest absolute Gasteiger partial charge is 0.330 e. The Morgan fingerprint density at radius 2 is 2.05 bits per heavy atom. The minimum Gasteiger partial charge on any atom is -0.493 e. The molecule has 0 heterocycles. The highest BCUT2D eigenvalue weighted by atomic mass is 16.6. The molecule has 0 unspecified atom stereocenters. The zero-order chi connectivity index (χ0) is 15.8. The molecule has 0 amide bonds. The van der Waals surface area contributed by atoms with E-state index in [1.54, 1.807) is 12.1 Å². The Balaban J connectivity index is 2.65. The lowest BCUT2D eigenvalue weighted by Gasteiger charge is -2.10. The Labute approximate surface area is 122 Å². The number of hydrogen-bond donors (Lipinski definition) is 1. The number of para-hydroxylation sites is 1. The molecule has 0 spiro atoms. The predicted molar refractivity (Wildman–Crippen MR) is 74.6 cm³/mol. The lowest BCUT2D eigenvalue weighted by Crippen LogP contribution is -2.10. The van der Waals surface area contributed by atoms with Gasteiger partial charge in [0.25, 0.3) is 0 Å². The quantitative estimate of drug-likeness (QED) is 0.342. The minimum absolute atomic E-state index is 0.0165. The van der Waals surface area contributed by atoms with Crippen LogP contribution >= 0.6 is 0 Å². The number of carbonyl (C=O) groups excluding carboxylic acids is 2. The van der Waals surface area contributed by atoms with Crippen LogP contribution in [-0.4, -0.2) is 30.4 Å². The van der Waals surface area contributed by atoms with E-state index in [1.165, 1.54) is 13.2 Å². The Morgan fingerprint density at radius 3 is 2.62 bits per heavy atom. The zero-order valence-corrected chi connectivity index (χ0v) is 11.6. The third-order valence-electron chi connectivity index (χ3n) is 2.73. The third kappa shape index (κ3) is 4.76. The van der Waals surface area contributed by atoms with Gasteiger partial charge in [0, 0.05) is 12.0 Å². The van der Waals surface area contributed by atoms with Gasteiger partial charge in [0.15, 0.2) is 17.8 Å². The second-order valence-electron chi connectivity index (χ2n) is 4.23. The number of carboxylic acid groups (broad SMARTS) is 1. The van der Waals surface area contributed by atoms with Crippen molar-refractivity contribution in [3.05, 3.63) is 35.9 Å². The third-order valence-corrected chi connectivity index (χ3v) is 2.73. The summed E-state index contributed by atoms with van der Waals surface area (Å²) in [5.74, 6) is -1.31. The monoisotopic (exact) mass is 292 g/mol. The van der Waals surface area contributed by atoms with Crippen LogP contribution in [0.3, 0.4) is 0 Å². The Bertz CT molecular complexity index is 561. The summed E-state index contributed by atoms with van der Waals surface area (Å²) in [6.45, 7) is 3.37. The van der Waals surface area contributed by atoms with Crippen molar-refractivity contribution < 1.29 is 29.0 Å². The van der Waals surface area contributed by atoms with E-state index in [9.17, 15) is 14.4 Å². The fraction of sp³-hybridized carbons (Fsp3) is 0.267. The van der Waals surface area contributed by atoms with E-state index < -0.39 is 11.9 Å². The molecular weight excluding hydrogens is 276 g/mol. The molecule has 6 nitrogen and oxygen atoms in total.